The minimum absolute atomic E-state index is 0.130. The summed E-state index contributed by atoms with van der Waals surface area (Å²) < 4.78 is 5.25. The number of hydrogen-bond donors (Lipinski definition) is 1. The van der Waals surface area contributed by atoms with Crippen LogP contribution in [0, 0.1) is 6.92 Å². The lowest BCUT2D eigenvalue weighted by Gasteiger charge is -1.97. The van der Waals surface area contributed by atoms with Gasteiger partial charge in [-0.15, -0.1) is 11.3 Å². The summed E-state index contributed by atoms with van der Waals surface area (Å²) >= 11 is 1.51. The number of benzene rings is 1. The largest absolute Gasteiger partial charge is 0.478 e. The molecule has 0 amide bonds. The average molecular weight is 285 g/mol. The molecule has 2 heterocycles. The summed E-state index contributed by atoms with van der Waals surface area (Å²) in [5, 5.41) is 11.6. The Morgan fingerprint density at radius 3 is 2.90 bits per heavy atom. The first-order valence-electron chi connectivity index (χ1n) is 5.98. The van der Waals surface area contributed by atoms with Crippen LogP contribution in [-0.4, -0.2) is 16.1 Å². The Morgan fingerprint density at radius 2 is 2.20 bits per heavy atom. The summed E-state index contributed by atoms with van der Waals surface area (Å²) in [6, 6.07) is 9.57. The molecule has 20 heavy (non-hydrogen) atoms. The van der Waals surface area contributed by atoms with Crippen molar-refractivity contribution in [1.82, 2.24) is 4.98 Å². The topological polar surface area (TPSA) is 63.3 Å². The summed E-state index contributed by atoms with van der Waals surface area (Å²) in [5.74, 6) is -0.535. The molecule has 3 rings (SSSR count). The van der Waals surface area contributed by atoms with Crippen molar-refractivity contribution >= 4 is 17.3 Å². The second kappa shape index (κ2) is 4.94. The Morgan fingerprint density at radius 1 is 1.35 bits per heavy atom. The van der Waals surface area contributed by atoms with Crippen molar-refractivity contribution in [2.45, 2.75) is 6.92 Å². The van der Waals surface area contributed by atoms with Gasteiger partial charge in [-0.1, -0.05) is 23.8 Å². The average Bonchev–Trinajstić information content (AvgIpc) is 3.08. The van der Waals surface area contributed by atoms with E-state index in [0.717, 1.165) is 10.6 Å². The van der Waals surface area contributed by atoms with Gasteiger partial charge in [0.1, 0.15) is 17.0 Å². The van der Waals surface area contributed by atoms with Gasteiger partial charge in [0.05, 0.1) is 5.56 Å². The molecule has 0 atom stereocenters. The van der Waals surface area contributed by atoms with E-state index in [0.29, 0.717) is 11.5 Å². The van der Waals surface area contributed by atoms with Gasteiger partial charge in [-0.3, -0.25) is 0 Å². The molecular formula is C15H11NO3S. The number of carboxylic acids is 1. The molecule has 0 radical (unpaired) electrons. The molecule has 1 aromatic carbocycles. The number of nitrogens with zero attached hydrogens (tertiary/aromatic N) is 1. The lowest BCUT2D eigenvalue weighted by atomic mass is 10.1. The van der Waals surface area contributed by atoms with Gasteiger partial charge in [-0.25, -0.2) is 9.78 Å². The summed E-state index contributed by atoms with van der Waals surface area (Å²) in [5.41, 5.74) is 3.00. The Balaban J connectivity index is 1.95. The Labute approximate surface area is 119 Å². The van der Waals surface area contributed by atoms with Crippen molar-refractivity contribution < 1.29 is 14.3 Å². The molecule has 5 heteroatoms. The molecule has 0 fully saturated rings. The maximum Gasteiger partial charge on any atom is 0.338 e. The van der Waals surface area contributed by atoms with Crippen molar-refractivity contribution in [2.75, 3.05) is 0 Å². The van der Waals surface area contributed by atoms with Gasteiger partial charge < -0.3 is 9.52 Å². The zero-order valence-electron chi connectivity index (χ0n) is 10.7. The molecule has 0 saturated carbocycles. The number of rotatable bonds is 3. The van der Waals surface area contributed by atoms with Gasteiger partial charge in [0.15, 0.2) is 5.76 Å². The van der Waals surface area contributed by atoms with Crippen LogP contribution in [-0.2, 0) is 0 Å². The molecular weight excluding hydrogens is 274 g/mol. The third-order valence-electron chi connectivity index (χ3n) is 2.87. The van der Waals surface area contributed by atoms with E-state index in [4.69, 9.17) is 9.52 Å². The molecule has 0 unspecified atom stereocenters. The Bertz CT molecular complexity index is 773. The van der Waals surface area contributed by atoms with E-state index in [1.54, 1.807) is 0 Å². The SMILES string of the molecule is Cc1cccc(-c2nc(-c3cc(C(=O)O)co3)cs2)c1. The number of carboxylic acid groups (broad SMARTS) is 1. The van der Waals surface area contributed by atoms with E-state index in [-0.39, 0.29) is 5.56 Å². The van der Waals surface area contributed by atoms with Crippen LogP contribution in [0.3, 0.4) is 0 Å². The van der Waals surface area contributed by atoms with Crippen LogP contribution < -0.4 is 0 Å². The van der Waals surface area contributed by atoms with E-state index in [9.17, 15) is 4.79 Å². The van der Waals surface area contributed by atoms with Crippen LogP contribution >= 0.6 is 11.3 Å². The maximum absolute atomic E-state index is 10.8. The van der Waals surface area contributed by atoms with E-state index in [1.165, 1.54) is 29.2 Å². The summed E-state index contributed by atoms with van der Waals surface area (Å²) in [6.07, 6.45) is 1.23. The molecule has 0 spiro atoms. The van der Waals surface area contributed by atoms with E-state index in [2.05, 4.69) is 11.1 Å². The van der Waals surface area contributed by atoms with Crippen molar-refractivity contribution in [3.63, 3.8) is 0 Å². The van der Waals surface area contributed by atoms with Crippen LogP contribution in [0.25, 0.3) is 22.0 Å². The van der Waals surface area contributed by atoms with Crippen molar-refractivity contribution in [2.24, 2.45) is 0 Å². The molecule has 0 aliphatic rings. The number of thiazole rings is 1. The second-order valence-electron chi connectivity index (χ2n) is 4.41. The quantitative estimate of drug-likeness (QED) is 0.787. The monoisotopic (exact) mass is 285 g/mol. The minimum Gasteiger partial charge on any atom is -0.478 e. The van der Waals surface area contributed by atoms with Crippen molar-refractivity contribution in [3.05, 3.63) is 53.1 Å². The molecule has 0 bridgehead atoms. The number of furan rings is 1. The second-order valence-corrected chi connectivity index (χ2v) is 5.27. The van der Waals surface area contributed by atoms with Crippen LogP contribution in [0.15, 0.2) is 46.4 Å². The summed E-state index contributed by atoms with van der Waals surface area (Å²) in [6.45, 7) is 2.03. The number of aromatic nitrogens is 1. The third-order valence-corrected chi connectivity index (χ3v) is 3.76. The zero-order chi connectivity index (χ0) is 14.1. The van der Waals surface area contributed by atoms with Crippen LogP contribution in [0.1, 0.15) is 15.9 Å². The van der Waals surface area contributed by atoms with Crippen molar-refractivity contribution in [1.29, 1.82) is 0 Å². The Kier molecular flexibility index (Phi) is 3.12. The molecule has 2 aromatic heterocycles. The van der Waals surface area contributed by atoms with E-state index in [1.807, 2.05) is 30.5 Å². The van der Waals surface area contributed by atoms with Crippen LogP contribution in [0.5, 0.6) is 0 Å². The van der Waals surface area contributed by atoms with Crippen LogP contribution in [0.2, 0.25) is 0 Å². The summed E-state index contributed by atoms with van der Waals surface area (Å²) in [7, 11) is 0. The molecule has 0 aliphatic heterocycles. The molecule has 3 aromatic rings. The zero-order valence-corrected chi connectivity index (χ0v) is 11.5. The number of hydrogen-bond acceptors (Lipinski definition) is 4. The van der Waals surface area contributed by atoms with Crippen molar-refractivity contribution in [3.8, 4) is 22.0 Å². The molecule has 0 aliphatic carbocycles. The highest BCUT2D eigenvalue weighted by atomic mass is 32.1. The highest BCUT2D eigenvalue weighted by Gasteiger charge is 2.13. The van der Waals surface area contributed by atoms with Gasteiger partial charge in [-0.2, -0.15) is 0 Å². The number of aromatic carboxylic acids is 1. The van der Waals surface area contributed by atoms with Gasteiger partial charge >= 0.3 is 5.97 Å². The molecule has 1 N–H and O–H groups in total. The predicted octanol–water partition coefficient (Wildman–Crippen LogP) is 4.08. The fourth-order valence-electron chi connectivity index (χ4n) is 1.88. The fourth-order valence-corrected chi connectivity index (χ4v) is 2.69. The Hall–Kier alpha value is -2.40. The van der Waals surface area contributed by atoms with Crippen LogP contribution in [0.4, 0.5) is 0 Å². The standard InChI is InChI=1S/C15H11NO3S/c1-9-3-2-4-10(5-9)14-16-12(8-20-14)13-6-11(7-19-13)15(17)18/h2-8H,1H3,(H,17,18). The highest BCUT2D eigenvalue weighted by Crippen LogP contribution is 2.30. The molecule has 100 valence electrons. The predicted molar refractivity (Wildman–Crippen MR) is 76.9 cm³/mol. The lowest BCUT2D eigenvalue weighted by molar-refractivity contribution is 0.0696. The van der Waals surface area contributed by atoms with E-state index >= 15 is 0 Å². The number of aryl methyl sites for hydroxylation is 1. The lowest BCUT2D eigenvalue weighted by Crippen LogP contribution is -1.91. The normalized spacial score (nSPS) is 10.7. The third kappa shape index (κ3) is 2.35. The fraction of sp³-hybridized carbons (Fsp3) is 0.0667. The van der Waals surface area contributed by atoms with Gasteiger partial charge in [0.25, 0.3) is 0 Å². The summed E-state index contributed by atoms with van der Waals surface area (Å²) in [4.78, 5) is 15.3. The smallest absolute Gasteiger partial charge is 0.338 e. The minimum atomic E-state index is -1.01. The maximum atomic E-state index is 10.8. The van der Waals surface area contributed by atoms with Gasteiger partial charge in [0.2, 0.25) is 0 Å². The molecule has 0 saturated heterocycles. The van der Waals surface area contributed by atoms with E-state index < -0.39 is 5.97 Å². The molecule has 4 nitrogen and oxygen atoms in total. The first-order chi connectivity index (χ1) is 9.63. The van der Waals surface area contributed by atoms with Gasteiger partial charge in [-0.05, 0) is 13.0 Å². The highest BCUT2D eigenvalue weighted by molar-refractivity contribution is 7.13. The first-order valence-corrected chi connectivity index (χ1v) is 6.86. The van der Waals surface area contributed by atoms with Gasteiger partial charge in [0, 0.05) is 17.0 Å². The number of carbonyl (C=O) groups is 1. The first kappa shape index (κ1) is 12.6.